The molecular weight excluding hydrogens is 456 g/mol. The highest BCUT2D eigenvalue weighted by Crippen LogP contribution is 2.31. The van der Waals surface area contributed by atoms with E-state index in [0.717, 1.165) is 41.8 Å². The van der Waals surface area contributed by atoms with Gasteiger partial charge < -0.3 is 19.7 Å². The number of aromatic nitrogens is 4. The minimum Gasteiger partial charge on any atom is -0.493 e. The van der Waals surface area contributed by atoms with Gasteiger partial charge in [-0.05, 0) is 38.0 Å². The molecule has 1 saturated heterocycles. The summed E-state index contributed by atoms with van der Waals surface area (Å²) in [6.07, 6.45) is 5.24. The first-order chi connectivity index (χ1) is 17.6. The van der Waals surface area contributed by atoms with Gasteiger partial charge in [-0.3, -0.25) is 4.79 Å². The maximum atomic E-state index is 13.1. The van der Waals surface area contributed by atoms with Gasteiger partial charge in [-0.15, -0.1) is 5.10 Å². The lowest BCUT2D eigenvalue weighted by atomic mass is 9.97. The van der Waals surface area contributed by atoms with Crippen LogP contribution in [0, 0.1) is 12.8 Å². The van der Waals surface area contributed by atoms with Crippen LogP contribution in [0.4, 0.5) is 5.82 Å². The second kappa shape index (κ2) is 10.2. The number of para-hydroxylation sites is 1. The second-order valence-electron chi connectivity index (χ2n) is 9.00. The zero-order valence-corrected chi connectivity index (χ0v) is 20.8. The average molecular weight is 487 g/mol. The predicted octanol–water partition coefficient (Wildman–Crippen LogP) is 3.67. The molecule has 5 rings (SSSR count). The van der Waals surface area contributed by atoms with Crippen molar-refractivity contribution < 1.29 is 14.3 Å². The monoisotopic (exact) mass is 486 g/mol. The molecule has 0 aliphatic carbocycles. The van der Waals surface area contributed by atoms with Crippen molar-refractivity contribution in [3.63, 3.8) is 0 Å². The van der Waals surface area contributed by atoms with E-state index in [4.69, 9.17) is 9.47 Å². The van der Waals surface area contributed by atoms with E-state index in [-0.39, 0.29) is 11.8 Å². The Balaban J connectivity index is 1.31. The van der Waals surface area contributed by atoms with Crippen LogP contribution in [0.1, 0.15) is 24.0 Å². The number of carbonyl (C=O) groups excluding carboxylic acids is 1. The number of fused-ring (bicyclic) bond motifs is 1. The molecule has 1 N–H and O–H groups in total. The summed E-state index contributed by atoms with van der Waals surface area (Å²) in [6.45, 7) is 3.85. The molecule has 1 atom stereocenters. The van der Waals surface area contributed by atoms with Crippen LogP contribution in [-0.4, -0.2) is 53.0 Å². The number of rotatable bonds is 7. The van der Waals surface area contributed by atoms with Gasteiger partial charge in [0, 0.05) is 31.4 Å². The Labute approximate surface area is 210 Å². The first kappa shape index (κ1) is 23.6. The van der Waals surface area contributed by atoms with Gasteiger partial charge in [-0.2, -0.15) is 0 Å². The predicted molar refractivity (Wildman–Crippen MR) is 138 cm³/mol. The summed E-state index contributed by atoms with van der Waals surface area (Å²) in [6, 6.07) is 13.8. The molecule has 2 aromatic carbocycles. The molecule has 186 valence electrons. The highest BCUT2D eigenvalue weighted by Gasteiger charge is 2.28. The summed E-state index contributed by atoms with van der Waals surface area (Å²) in [4.78, 5) is 24.3. The van der Waals surface area contributed by atoms with Crippen molar-refractivity contribution in [1.82, 2.24) is 25.1 Å². The van der Waals surface area contributed by atoms with Gasteiger partial charge in [0.2, 0.25) is 5.91 Å². The standard InChI is InChI=1S/C27H30N6O3/c1-18-9-11-21(12-10-18)33-16-22-25(31-33)29-17-30-26(22)32-13-5-7-20(15-32)27(34)28-14-19-6-4-8-23(35-2)24(19)36-3/h4,6,8-12,16-17,20H,5,7,13-15H2,1-3H3,(H,28,34)/t20-/m0/s1. The van der Waals surface area contributed by atoms with Crippen molar-refractivity contribution in [1.29, 1.82) is 0 Å². The number of piperidine rings is 1. The summed E-state index contributed by atoms with van der Waals surface area (Å²) in [5.74, 6) is 1.97. The van der Waals surface area contributed by atoms with Crippen LogP contribution in [0.15, 0.2) is 55.0 Å². The van der Waals surface area contributed by atoms with E-state index in [1.54, 1.807) is 20.5 Å². The zero-order valence-electron chi connectivity index (χ0n) is 20.8. The van der Waals surface area contributed by atoms with E-state index in [2.05, 4.69) is 44.3 Å². The van der Waals surface area contributed by atoms with Crippen molar-refractivity contribution in [2.45, 2.75) is 26.3 Å². The number of hydrogen-bond acceptors (Lipinski definition) is 7. The maximum Gasteiger partial charge on any atom is 0.225 e. The minimum atomic E-state index is -0.146. The van der Waals surface area contributed by atoms with Crippen molar-refractivity contribution in [3.8, 4) is 17.2 Å². The Bertz CT molecular complexity index is 1370. The lowest BCUT2D eigenvalue weighted by molar-refractivity contribution is -0.125. The van der Waals surface area contributed by atoms with Crippen molar-refractivity contribution in [2.75, 3.05) is 32.2 Å². The SMILES string of the molecule is COc1cccc(CNC(=O)[C@H]2CCCN(c3ncnc4nn(-c5ccc(C)cc5)cc34)C2)c1OC. The summed E-state index contributed by atoms with van der Waals surface area (Å²) in [7, 11) is 3.21. The molecule has 0 unspecified atom stereocenters. The van der Waals surface area contributed by atoms with E-state index in [0.29, 0.717) is 30.2 Å². The van der Waals surface area contributed by atoms with Crippen molar-refractivity contribution >= 4 is 22.8 Å². The molecule has 1 aliphatic rings. The smallest absolute Gasteiger partial charge is 0.225 e. The number of hydrogen-bond donors (Lipinski definition) is 1. The lowest BCUT2D eigenvalue weighted by Crippen LogP contribution is -2.43. The van der Waals surface area contributed by atoms with Gasteiger partial charge in [0.25, 0.3) is 0 Å². The maximum absolute atomic E-state index is 13.1. The molecule has 3 heterocycles. The van der Waals surface area contributed by atoms with Crippen LogP contribution >= 0.6 is 0 Å². The Hall–Kier alpha value is -4.14. The highest BCUT2D eigenvalue weighted by atomic mass is 16.5. The van der Waals surface area contributed by atoms with Crippen molar-refractivity contribution in [2.24, 2.45) is 5.92 Å². The highest BCUT2D eigenvalue weighted by molar-refractivity contribution is 5.87. The van der Waals surface area contributed by atoms with E-state index >= 15 is 0 Å². The molecule has 0 spiro atoms. The number of aryl methyl sites for hydroxylation is 1. The number of amides is 1. The van der Waals surface area contributed by atoms with Crippen LogP contribution in [0.5, 0.6) is 11.5 Å². The summed E-state index contributed by atoms with van der Waals surface area (Å²) < 4.78 is 12.7. The number of benzene rings is 2. The molecule has 1 aliphatic heterocycles. The summed E-state index contributed by atoms with van der Waals surface area (Å²) in [5, 5.41) is 8.61. The number of ether oxygens (including phenoxy) is 2. The average Bonchev–Trinajstić information content (AvgIpc) is 3.36. The number of carbonyl (C=O) groups is 1. The first-order valence-electron chi connectivity index (χ1n) is 12.1. The summed E-state index contributed by atoms with van der Waals surface area (Å²) >= 11 is 0. The largest absolute Gasteiger partial charge is 0.493 e. The first-order valence-corrected chi connectivity index (χ1v) is 12.1. The van der Waals surface area contributed by atoms with Crippen LogP contribution in [0.2, 0.25) is 0 Å². The van der Waals surface area contributed by atoms with E-state index in [1.165, 1.54) is 5.56 Å². The molecule has 9 nitrogen and oxygen atoms in total. The Morgan fingerprint density at radius 1 is 1.11 bits per heavy atom. The summed E-state index contributed by atoms with van der Waals surface area (Å²) in [5.41, 5.74) is 3.67. The Morgan fingerprint density at radius 2 is 1.94 bits per heavy atom. The Kier molecular flexibility index (Phi) is 6.71. The minimum absolute atomic E-state index is 0.0187. The third-order valence-corrected chi connectivity index (χ3v) is 6.62. The molecule has 0 bridgehead atoms. The Morgan fingerprint density at radius 3 is 2.72 bits per heavy atom. The van der Waals surface area contributed by atoms with Gasteiger partial charge in [0.15, 0.2) is 17.1 Å². The van der Waals surface area contributed by atoms with Gasteiger partial charge in [0.1, 0.15) is 12.1 Å². The van der Waals surface area contributed by atoms with E-state index < -0.39 is 0 Å². The topological polar surface area (TPSA) is 94.4 Å². The van der Waals surface area contributed by atoms with Crippen LogP contribution in [-0.2, 0) is 11.3 Å². The number of nitrogens with one attached hydrogen (secondary N) is 1. The van der Waals surface area contributed by atoms with Gasteiger partial charge in [-0.25, -0.2) is 14.6 Å². The van der Waals surface area contributed by atoms with Crippen LogP contribution in [0.25, 0.3) is 16.7 Å². The van der Waals surface area contributed by atoms with Crippen LogP contribution < -0.4 is 19.7 Å². The molecule has 1 amide bonds. The fraction of sp³-hybridized carbons (Fsp3) is 0.333. The number of anilines is 1. The molecule has 36 heavy (non-hydrogen) atoms. The fourth-order valence-corrected chi connectivity index (χ4v) is 4.71. The zero-order chi connectivity index (χ0) is 25.1. The normalized spacial score (nSPS) is 15.6. The number of nitrogens with zero attached hydrogens (tertiary/aromatic N) is 5. The molecule has 0 radical (unpaired) electrons. The third-order valence-electron chi connectivity index (χ3n) is 6.62. The molecule has 0 saturated carbocycles. The van der Waals surface area contributed by atoms with Gasteiger partial charge in [-0.1, -0.05) is 29.8 Å². The van der Waals surface area contributed by atoms with Crippen LogP contribution in [0.3, 0.4) is 0 Å². The number of methoxy groups -OCH3 is 2. The molecular formula is C27H30N6O3. The van der Waals surface area contributed by atoms with Gasteiger partial charge >= 0.3 is 0 Å². The molecule has 4 aromatic rings. The fourth-order valence-electron chi connectivity index (χ4n) is 4.71. The lowest BCUT2D eigenvalue weighted by Gasteiger charge is -2.33. The molecule has 2 aromatic heterocycles. The molecule has 9 heteroatoms. The third kappa shape index (κ3) is 4.68. The van der Waals surface area contributed by atoms with Crippen molar-refractivity contribution in [3.05, 3.63) is 66.1 Å². The second-order valence-corrected chi connectivity index (χ2v) is 9.00. The van der Waals surface area contributed by atoms with E-state index in [9.17, 15) is 4.79 Å². The quantitative estimate of drug-likeness (QED) is 0.426. The van der Waals surface area contributed by atoms with Gasteiger partial charge in [0.05, 0.1) is 31.2 Å². The molecule has 1 fully saturated rings. The van der Waals surface area contributed by atoms with E-state index in [1.807, 2.05) is 41.2 Å².